The van der Waals surface area contributed by atoms with E-state index in [0.717, 1.165) is 44.5 Å². The van der Waals surface area contributed by atoms with Crippen molar-refractivity contribution in [1.29, 1.82) is 0 Å². The van der Waals surface area contributed by atoms with Crippen LogP contribution in [-0.4, -0.2) is 27.3 Å². The third kappa shape index (κ3) is 5.37. The minimum atomic E-state index is -0.283. The van der Waals surface area contributed by atoms with E-state index in [9.17, 15) is 4.79 Å². The van der Waals surface area contributed by atoms with E-state index in [1.807, 2.05) is 53.2 Å². The van der Waals surface area contributed by atoms with Crippen molar-refractivity contribution in [3.05, 3.63) is 108 Å². The summed E-state index contributed by atoms with van der Waals surface area (Å²) in [5.74, 6) is 0.348. The zero-order valence-electron chi connectivity index (χ0n) is 20.6. The Balaban J connectivity index is 1.53. The van der Waals surface area contributed by atoms with Gasteiger partial charge >= 0.3 is 5.97 Å². The summed E-state index contributed by atoms with van der Waals surface area (Å²) < 4.78 is 13.2. The van der Waals surface area contributed by atoms with Gasteiger partial charge in [-0.15, -0.1) is 0 Å². The Bertz CT molecular complexity index is 1530. The number of nitrogens with zero attached hydrogens (tertiary/aromatic N) is 3. The smallest absolute Gasteiger partial charge is 0.310 e. The predicted molar refractivity (Wildman–Crippen MR) is 143 cm³/mol. The van der Waals surface area contributed by atoms with E-state index in [0.29, 0.717) is 18.9 Å². The summed E-state index contributed by atoms with van der Waals surface area (Å²) in [4.78, 5) is 16.3. The van der Waals surface area contributed by atoms with Crippen LogP contribution in [0.15, 0.2) is 91.3 Å². The maximum absolute atomic E-state index is 12.1. The molecule has 5 aromatic rings. The molecule has 2 aromatic heterocycles. The molecule has 0 aliphatic heterocycles. The first-order valence-electron chi connectivity index (χ1n) is 12.2. The summed E-state index contributed by atoms with van der Waals surface area (Å²) in [6, 6.07) is 25.9. The van der Waals surface area contributed by atoms with Crippen molar-refractivity contribution < 1.29 is 14.3 Å². The second-order valence-corrected chi connectivity index (χ2v) is 8.58. The molecule has 7 heteroatoms. The van der Waals surface area contributed by atoms with Crippen LogP contribution in [0.3, 0.4) is 0 Å². The molecule has 0 unspecified atom stereocenters. The predicted octanol–water partition coefficient (Wildman–Crippen LogP) is 5.23. The molecule has 0 atom stereocenters. The van der Waals surface area contributed by atoms with Crippen LogP contribution in [0.25, 0.3) is 27.7 Å². The van der Waals surface area contributed by atoms with Crippen LogP contribution in [-0.2, 0) is 29.1 Å². The third-order valence-corrected chi connectivity index (χ3v) is 6.12. The number of carbonyl (C=O) groups is 1. The third-order valence-electron chi connectivity index (χ3n) is 6.12. The van der Waals surface area contributed by atoms with Gasteiger partial charge in [-0.2, -0.15) is 5.10 Å². The van der Waals surface area contributed by atoms with Gasteiger partial charge in [0.05, 0.1) is 30.4 Å². The van der Waals surface area contributed by atoms with Crippen molar-refractivity contribution in [2.45, 2.75) is 26.5 Å². The number of para-hydroxylation sites is 1. The Morgan fingerprint density at radius 2 is 1.84 bits per heavy atom. The second kappa shape index (κ2) is 11.1. The monoisotopic (exact) mass is 492 g/mol. The molecular formula is C30H28N4O3. The highest BCUT2D eigenvalue weighted by Gasteiger charge is 2.16. The fourth-order valence-electron chi connectivity index (χ4n) is 4.32. The number of hydrogen-bond acceptors (Lipinski definition) is 6. The van der Waals surface area contributed by atoms with Crippen LogP contribution < -0.4 is 10.5 Å². The van der Waals surface area contributed by atoms with E-state index >= 15 is 0 Å². The Morgan fingerprint density at radius 1 is 0.973 bits per heavy atom. The zero-order valence-corrected chi connectivity index (χ0v) is 20.6. The molecule has 3 aromatic carbocycles. The van der Waals surface area contributed by atoms with Crippen LogP contribution in [0.5, 0.6) is 5.75 Å². The van der Waals surface area contributed by atoms with Gasteiger partial charge in [-0.1, -0.05) is 42.5 Å². The van der Waals surface area contributed by atoms with Gasteiger partial charge in [0.1, 0.15) is 18.1 Å². The molecule has 2 heterocycles. The number of ether oxygens (including phenoxy) is 2. The van der Waals surface area contributed by atoms with Gasteiger partial charge in [-0.25, -0.2) is 4.68 Å². The lowest BCUT2D eigenvalue weighted by molar-refractivity contribution is -0.142. The maximum Gasteiger partial charge on any atom is 0.310 e. The van der Waals surface area contributed by atoms with E-state index in [4.69, 9.17) is 20.3 Å². The molecule has 0 saturated carbocycles. The van der Waals surface area contributed by atoms with Crippen molar-refractivity contribution in [3.8, 4) is 22.6 Å². The number of nitrogens with two attached hydrogens (primary N) is 1. The van der Waals surface area contributed by atoms with E-state index in [1.165, 1.54) is 0 Å². The molecule has 0 fully saturated rings. The number of benzene rings is 3. The first kappa shape index (κ1) is 24.2. The summed E-state index contributed by atoms with van der Waals surface area (Å²) >= 11 is 0. The average molecular weight is 493 g/mol. The van der Waals surface area contributed by atoms with Gasteiger partial charge in [0.25, 0.3) is 0 Å². The Labute approximate surface area is 215 Å². The highest BCUT2D eigenvalue weighted by Crippen LogP contribution is 2.30. The average Bonchev–Trinajstić information content (AvgIpc) is 3.31. The first-order valence-corrected chi connectivity index (χ1v) is 12.2. The lowest BCUT2D eigenvalue weighted by atomic mass is 10.0. The second-order valence-electron chi connectivity index (χ2n) is 8.58. The molecule has 0 aliphatic rings. The molecule has 2 N–H and O–H groups in total. The van der Waals surface area contributed by atoms with Crippen molar-refractivity contribution in [3.63, 3.8) is 0 Å². The summed E-state index contributed by atoms with van der Waals surface area (Å²) in [5, 5.41) is 5.88. The number of esters is 1. The number of fused-ring (bicyclic) bond motifs is 1. The number of rotatable bonds is 9. The van der Waals surface area contributed by atoms with Gasteiger partial charge in [0.15, 0.2) is 0 Å². The van der Waals surface area contributed by atoms with E-state index in [2.05, 4.69) is 35.3 Å². The van der Waals surface area contributed by atoms with Crippen molar-refractivity contribution in [1.82, 2.24) is 14.8 Å². The fraction of sp³-hybridized carbons (Fsp3) is 0.167. The summed E-state index contributed by atoms with van der Waals surface area (Å²) in [7, 11) is 0. The molecule has 5 rings (SSSR count). The van der Waals surface area contributed by atoms with Crippen molar-refractivity contribution in [2.24, 2.45) is 5.73 Å². The van der Waals surface area contributed by atoms with Gasteiger partial charge in [-0.05, 0) is 60.0 Å². The van der Waals surface area contributed by atoms with Crippen LogP contribution in [0.4, 0.5) is 0 Å². The fourth-order valence-corrected chi connectivity index (χ4v) is 4.32. The first-order chi connectivity index (χ1) is 18.2. The molecule has 0 amide bonds. The van der Waals surface area contributed by atoms with Crippen molar-refractivity contribution in [2.75, 3.05) is 6.61 Å². The van der Waals surface area contributed by atoms with Crippen LogP contribution in [0, 0.1) is 0 Å². The minimum absolute atomic E-state index is 0.149. The standard InChI is InChI=1S/C30H28N4O3/c1-2-36-30(35)17-24-8-3-4-11-29(24)37-20-27-26-16-23(22-9-5-7-21(15-22)18-31)12-13-28(26)34(33-27)25-10-6-14-32-19-25/h3-16,19H,2,17-18,20,31H2,1H3. The normalized spacial score (nSPS) is 11.0. The molecule has 0 spiro atoms. The van der Waals surface area contributed by atoms with Crippen LogP contribution >= 0.6 is 0 Å². The summed E-state index contributed by atoms with van der Waals surface area (Å²) in [6.45, 7) is 2.86. The molecule has 0 aliphatic carbocycles. The lowest BCUT2D eigenvalue weighted by Crippen LogP contribution is -2.09. The van der Waals surface area contributed by atoms with Crippen LogP contribution in [0.2, 0.25) is 0 Å². The molecule has 0 saturated heterocycles. The molecule has 186 valence electrons. The Morgan fingerprint density at radius 3 is 2.65 bits per heavy atom. The van der Waals surface area contributed by atoms with Crippen LogP contribution in [0.1, 0.15) is 23.7 Å². The SMILES string of the molecule is CCOC(=O)Cc1ccccc1OCc1nn(-c2cccnc2)c2ccc(-c3cccc(CN)c3)cc12. The molecule has 0 bridgehead atoms. The maximum atomic E-state index is 12.1. The minimum Gasteiger partial charge on any atom is -0.487 e. The number of pyridine rings is 1. The number of aromatic nitrogens is 3. The highest BCUT2D eigenvalue weighted by molar-refractivity contribution is 5.88. The summed E-state index contributed by atoms with van der Waals surface area (Å²) in [5.41, 5.74) is 12.5. The highest BCUT2D eigenvalue weighted by atomic mass is 16.5. The number of carbonyl (C=O) groups excluding carboxylic acids is 1. The van der Waals surface area contributed by atoms with Crippen molar-refractivity contribution >= 4 is 16.9 Å². The topological polar surface area (TPSA) is 92.3 Å². The van der Waals surface area contributed by atoms with Gasteiger partial charge in [-0.3, -0.25) is 9.78 Å². The Kier molecular flexibility index (Phi) is 7.23. The quantitative estimate of drug-likeness (QED) is 0.283. The summed E-state index contributed by atoms with van der Waals surface area (Å²) in [6.07, 6.45) is 3.67. The number of hydrogen-bond donors (Lipinski definition) is 1. The molecule has 7 nitrogen and oxygen atoms in total. The molecular weight excluding hydrogens is 464 g/mol. The lowest BCUT2D eigenvalue weighted by Gasteiger charge is -2.10. The van der Waals surface area contributed by atoms with E-state index in [-0.39, 0.29) is 19.0 Å². The molecule has 0 radical (unpaired) electrons. The van der Waals surface area contributed by atoms with Gasteiger partial charge in [0.2, 0.25) is 0 Å². The largest absolute Gasteiger partial charge is 0.487 e. The van der Waals surface area contributed by atoms with E-state index in [1.54, 1.807) is 19.3 Å². The van der Waals surface area contributed by atoms with Gasteiger partial charge < -0.3 is 15.2 Å². The van der Waals surface area contributed by atoms with E-state index < -0.39 is 0 Å². The Hall–Kier alpha value is -4.49. The molecule has 37 heavy (non-hydrogen) atoms. The zero-order chi connectivity index (χ0) is 25.6. The van der Waals surface area contributed by atoms with Gasteiger partial charge in [0, 0.05) is 23.7 Å².